The van der Waals surface area contributed by atoms with E-state index in [-0.39, 0.29) is 11.8 Å². The zero-order valence-electron chi connectivity index (χ0n) is 16.0. The van der Waals surface area contributed by atoms with Crippen LogP contribution in [0.2, 0.25) is 0 Å². The Kier molecular flexibility index (Phi) is 3.77. The normalized spacial score (nSPS) is 29.9. The number of amides is 2. The predicted octanol–water partition coefficient (Wildman–Crippen LogP) is 4.97. The van der Waals surface area contributed by atoms with Crippen LogP contribution in [-0.2, 0) is 18.2 Å². The van der Waals surface area contributed by atoms with Crippen molar-refractivity contribution in [2.24, 2.45) is 11.8 Å². The van der Waals surface area contributed by atoms with E-state index in [4.69, 9.17) is 5.26 Å². The Balaban J connectivity index is 1.63. The molecule has 6 heteroatoms. The van der Waals surface area contributed by atoms with Gasteiger partial charge in [-0.1, -0.05) is 80.4 Å². The highest BCUT2D eigenvalue weighted by atomic mass is 79.9. The summed E-state index contributed by atoms with van der Waals surface area (Å²) in [5.74, 6) is -1.66. The lowest BCUT2D eigenvalue weighted by Crippen LogP contribution is -2.56. The maximum atomic E-state index is 13.9. The third-order valence-corrected chi connectivity index (χ3v) is 9.54. The standard InChI is InChI=1S/C25H14Br2N2O2/c26-24-16-5-1-2-6-17(16)25(27,19-8-4-3-7-18(19)24)21-20(24)22(30)29(23(21)31)15-11-9-14(13-28)10-12-15/h1-12,20-21H. The zero-order valence-corrected chi connectivity index (χ0v) is 19.2. The van der Waals surface area contributed by atoms with Crippen molar-refractivity contribution in [3.05, 3.63) is 101 Å². The first-order valence-electron chi connectivity index (χ1n) is 9.89. The van der Waals surface area contributed by atoms with Gasteiger partial charge in [-0.3, -0.25) is 9.59 Å². The van der Waals surface area contributed by atoms with Crippen molar-refractivity contribution in [1.29, 1.82) is 5.26 Å². The number of carbonyl (C=O) groups is 2. The number of anilines is 1. The highest BCUT2D eigenvalue weighted by Crippen LogP contribution is 2.70. The number of nitriles is 1. The summed E-state index contributed by atoms with van der Waals surface area (Å²) in [5, 5.41) is 9.10. The van der Waals surface area contributed by atoms with Crippen molar-refractivity contribution in [2.45, 2.75) is 8.65 Å². The molecule has 7 rings (SSSR count). The number of rotatable bonds is 1. The second-order valence-corrected chi connectivity index (χ2v) is 10.6. The summed E-state index contributed by atoms with van der Waals surface area (Å²) < 4.78 is -1.59. The Morgan fingerprint density at radius 3 is 1.45 bits per heavy atom. The van der Waals surface area contributed by atoms with Crippen LogP contribution in [0.5, 0.6) is 0 Å². The Morgan fingerprint density at radius 2 is 1.10 bits per heavy atom. The van der Waals surface area contributed by atoms with Gasteiger partial charge in [0.2, 0.25) is 11.8 Å². The van der Waals surface area contributed by atoms with Gasteiger partial charge in [0, 0.05) is 0 Å². The SMILES string of the molecule is N#Cc1ccc(N2C(=O)C3C(C2=O)C2(Br)c4ccccc4C3(Br)c3ccccc32)cc1. The minimum Gasteiger partial charge on any atom is -0.274 e. The summed E-state index contributed by atoms with van der Waals surface area (Å²) in [6.07, 6.45) is 0. The topological polar surface area (TPSA) is 61.2 Å². The first-order valence-corrected chi connectivity index (χ1v) is 11.5. The van der Waals surface area contributed by atoms with E-state index in [1.807, 2.05) is 48.5 Å². The minimum absolute atomic E-state index is 0.232. The van der Waals surface area contributed by atoms with E-state index in [1.165, 1.54) is 4.90 Å². The molecule has 1 heterocycles. The number of imide groups is 1. The molecule has 0 radical (unpaired) electrons. The molecule has 31 heavy (non-hydrogen) atoms. The molecule has 150 valence electrons. The van der Waals surface area contributed by atoms with Crippen LogP contribution in [0.3, 0.4) is 0 Å². The molecular formula is C25H14Br2N2O2. The van der Waals surface area contributed by atoms with Crippen molar-refractivity contribution in [1.82, 2.24) is 0 Å². The largest absolute Gasteiger partial charge is 0.274 e. The lowest BCUT2D eigenvalue weighted by Gasteiger charge is -2.55. The molecule has 0 aromatic heterocycles. The first kappa shape index (κ1) is 19.0. The van der Waals surface area contributed by atoms with Gasteiger partial charge in [-0.25, -0.2) is 4.90 Å². The quantitative estimate of drug-likeness (QED) is 0.328. The molecule has 0 saturated carbocycles. The number of carbonyl (C=O) groups excluding carboxylic acids is 2. The molecule has 3 aromatic rings. The average molecular weight is 534 g/mol. The number of hydrogen-bond donors (Lipinski definition) is 0. The van der Waals surface area contributed by atoms with Crippen LogP contribution in [0.4, 0.5) is 5.69 Å². The summed E-state index contributed by atoms with van der Waals surface area (Å²) >= 11 is 7.98. The monoisotopic (exact) mass is 532 g/mol. The highest BCUT2D eigenvalue weighted by molar-refractivity contribution is 9.10. The maximum absolute atomic E-state index is 13.9. The summed E-state index contributed by atoms with van der Waals surface area (Å²) in [6, 6.07) is 24.7. The van der Waals surface area contributed by atoms with Gasteiger partial charge in [-0.05, 0) is 46.5 Å². The maximum Gasteiger partial charge on any atom is 0.239 e. The van der Waals surface area contributed by atoms with Gasteiger partial charge in [0.25, 0.3) is 0 Å². The Labute approximate surface area is 195 Å². The van der Waals surface area contributed by atoms with Crippen LogP contribution < -0.4 is 4.90 Å². The number of alkyl halides is 2. The Bertz CT molecular complexity index is 1220. The molecule has 4 nitrogen and oxygen atoms in total. The number of nitrogens with zero attached hydrogens (tertiary/aromatic N) is 2. The van der Waals surface area contributed by atoms with Gasteiger partial charge >= 0.3 is 0 Å². The van der Waals surface area contributed by atoms with Crippen LogP contribution in [0, 0.1) is 23.2 Å². The van der Waals surface area contributed by atoms with E-state index >= 15 is 0 Å². The molecule has 0 spiro atoms. The molecule has 2 atom stereocenters. The number of hydrogen-bond acceptors (Lipinski definition) is 3. The van der Waals surface area contributed by atoms with E-state index in [0.29, 0.717) is 11.3 Å². The molecule has 0 N–H and O–H groups in total. The third kappa shape index (κ3) is 2.09. The van der Waals surface area contributed by atoms with Crippen LogP contribution in [0.15, 0.2) is 72.8 Å². The molecular weight excluding hydrogens is 520 g/mol. The van der Waals surface area contributed by atoms with Gasteiger partial charge in [-0.15, -0.1) is 0 Å². The van der Waals surface area contributed by atoms with Gasteiger partial charge in [0.1, 0.15) is 0 Å². The average Bonchev–Trinajstić information content (AvgIpc) is 3.08. The smallest absolute Gasteiger partial charge is 0.239 e. The van der Waals surface area contributed by atoms with Gasteiger partial charge in [0.15, 0.2) is 0 Å². The van der Waals surface area contributed by atoms with Crippen LogP contribution >= 0.6 is 31.9 Å². The molecule has 3 aromatic carbocycles. The zero-order chi connectivity index (χ0) is 21.5. The molecule has 2 unspecified atom stereocenters. The molecule has 1 fully saturated rings. The van der Waals surface area contributed by atoms with Crippen LogP contribution in [-0.4, -0.2) is 11.8 Å². The third-order valence-electron chi connectivity index (χ3n) is 6.84. The van der Waals surface area contributed by atoms with Crippen molar-refractivity contribution in [3.8, 4) is 6.07 Å². The first-order chi connectivity index (χ1) is 14.9. The highest BCUT2D eigenvalue weighted by Gasteiger charge is 2.72. The summed E-state index contributed by atoms with van der Waals surface area (Å²) in [6.45, 7) is 0. The number of halogens is 2. The lowest BCUT2D eigenvalue weighted by atomic mass is 9.54. The number of benzene rings is 3. The molecule has 2 amide bonds. The van der Waals surface area contributed by atoms with E-state index in [1.54, 1.807) is 24.3 Å². The van der Waals surface area contributed by atoms with Crippen molar-refractivity contribution in [3.63, 3.8) is 0 Å². The van der Waals surface area contributed by atoms with E-state index in [0.717, 1.165) is 22.3 Å². The van der Waals surface area contributed by atoms with E-state index < -0.39 is 20.5 Å². The Morgan fingerprint density at radius 1 is 0.710 bits per heavy atom. The summed E-state index contributed by atoms with van der Waals surface area (Å²) in [5.41, 5.74) is 5.01. The van der Waals surface area contributed by atoms with Crippen molar-refractivity contribution in [2.75, 3.05) is 4.90 Å². The van der Waals surface area contributed by atoms with Crippen LogP contribution in [0.25, 0.3) is 0 Å². The fourth-order valence-electron chi connectivity index (χ4n) is 5.61. The Hall–Kier alpha value is -2.75. The molecule has 4 aliphatic rings. The summed E-state index contributed by atoms with van der Waals surface area (Å²) in [7, 11) is 0. The summed E-state index contributed by atoms with van der Waals surface area (Å²) in [4.78, 5) is 29.0. The van der Waals surface area contributed by atoms with Gasteiger partial charge in [-0.2, -0.15) is 5.26 Å². The van der Waals surface area contributed by atoms with E-state index in [2.05, 4.69) is 37.9 Å². The van der Waals surface area contributed by atoms with Gasteiger partial charge in [0.05, 0.1) is 37.8 Å². The molecule has 3 aliphatic carbocycles. The lowest BCUT2D eigenvalue weighted by molar-refractivity contribution is -0.122. The van der Waals surface area contributed by atoms with Gasteiger partial charge < -0.3 is 0 Å². The van der Waals surface area contributed by atoms with Crippen molar-refractivity contribution >= 4 is 49.4 Å². The molecule has 1 aliphatic heterocycles. The van der Waals surface area contributed by atoms with Crippen molar-refractivity contribution < 1.29 is 9.59 Å². The fourth-order valence-corrected chi connectivity index (χ4v) is 7.91. The van der Waals surface area contributed by atoms with Crippen LogP contribution in [0.1, 0.15) is 27.8 Å². The predicted molar refractivity (Wildman–Crippen MR) is 123 cm³/mol. The molecule has 2 bridgehead atoms. The van der Waals surface area contributed by atoms with E-state index in [9.17, 15) is 9.59 Å². The fraction of sp³-hybridized carbons (Fsp3) is 0.160. The molecule has 1 saturated heterocycles. The second kappa shape index (κ2) is 6.15. The minimum atomic E-state index is -0.797. The second-order valence-electron chi connectivity index (χ2n) is 8.14.